The smallest absolute Gasteiger partial charge is 0.318 e. The Kier molecular flexibility index (Phi) is 6.78. The molecule has 5 rings (SSSR count). The van der Waals surface area contributed by atoms with Crippen LogP contribution in [-0.2, 0) is 14.9 Å². The van der Waals surface area contributed by atoms with Gasteiger partial charge in [0.2, 0.25) is 0 Å². The molecule has 1 aliphatic rings. The van der Waals surface area contributed by atoms with Crippen LogP contribution in [0.4, 0.5) is 0 Å². The van der Waals surface area contributed by atoms with E-state index in [0.29, 0.717) is 0 Å². The van der Waals surface area contributed by atoms with E-state index in [2.05, 4.69) is 60.5 Å². The van der Waals surface area contributed by atoms with Crippen LogP contribution in [0.5, 0.6) is 0 Å². The van der Waals surface area contributed by atoms with E-state index < -0.39 is 11.3 Å². The third kappa shape index (κ3) is 4.65. The van der Waals surface area contributed by atoms with Crippen LogP contribution >= 0.6 is 0 Å². The van der Waals surface area contributed by atoms with Gasteiger partial charge < -0.3 is 9.64 Å². The molecule has 35 heavy (non-hydrogen) atoms. The van der Waals surface area contributed by atoms with Gasteiger partial charge in [-0.2, -0.15) is 0 Å². The zero-order valence-corrected chi connectivity index (χ0v) is 20.1. The summed E-state index contributed by atoms with van der Waals surface area (Å²) in [5.41, 5.74) is 3.78. The summed E-state index contributed by atoms with van der Waals surface area (Å²) < 4.78 is 6.57. The Morgan fingerprint density at radius 1 is 0.743 bits per heavy atom. The molecule has 0 saturated carbocycles. The zero-order valence-electron chi connectivity index (χ0n) is 20.1. The zero-order chi connectivity index (χ0) is 24.1. The first-order valence-corrected chi connectivity index (χ1v) is 12.3. The first-order valence-electron chi connectivity index (χ1n) is 12.3. The maximum absolute atomic E-state index is 14.0. The second kappa shape index (κ2) is 10.3. The molecule has 0 N–H and O–H groups in total. The minimum Gasteiger partial charge on any atom is -0.460 e. The van der Waals surface area contributed by atoms with Crippen LogP contribution in [0.15, 0.2) is 121 Å². The number of likely N-dealkylation sites (tertiary alicyclic amines) is 1. The van der Waals surface area contributed by atoms with E-state index in [1.54, 1.807) is 0 Å². The Morgan fingerprint density at radius 3 is 1.63 bits per heavy atom. The first-order chi connectivity index (χ1) is 17.2. The molecule has 0 bridgehead atoms. The number of ether oxygens (including phenoxy) is 1. The van der Waals surface area contributed by atoms with Gasteiger partial charge in [0, 0.05) is 13.1 Å². The quantitative estimate of drug-likeness (QED) is 0.327. The molecule has 0 aliphatic carbocycles. The fourth-order valence-electron chi connectivity index (χ4n) is 5.51. The van der Waals surface area contributed by atoms with Crippen LogP contribution in [0.3, 0.4) is 0 Å². The van der Waals surface area contributed by atoms with Crippen molar-refractivity contribution in [2.45, 2.75) is 23.9 Å². The second-order valence-electron chi connectivity index (χ2n) is 9.41. The Balaban J connectivity index is 1.58. The van der Waals surface area contributed by atoms with Gasteiger partial charge in [-0.25, -0.2) is 0 Å². The number of hydrogen-bond donors (Lipinski definition) is 0. The van der Waals surface area contributed by atoms with Gasteiger partial charge in [-0.05, 0) is 35.7 Å². The molecule has 176 valence electrons. The Morgan fingerprint density at radius 2 is 1.17 bits per heavy atom. The van der Waals surface area contributed by atoms with Gasteiger partial charge in [-0.15, -0.1) is 0 Å². The van der Waals surface area contributed by atoms with Gasteiger partial charge in [-0.3, -0.25) is 4.79 Å². The van der Waals surface area contributed by atoms with Crippen molar-refractivity contribution >= 4 is 5.97 Å². The molecule has 1 aliphatic heterocycles. The van der Waals surface area contributed by atoms with Crippen molar-refractivity contribution in [3.63, 3.8) is 0 Å². The number of piperidine rings is 1. The normalized spacial score (nSPS) is 17.7. The summed E-state index contributed by atoms with van der Waals surface area (Å²) in [6, 6.07) is 40.9. The van der Waals surface area contributed by atoms with Crippen molar-refractivity contribution in [3.8, 4) is 0 Å². The number of nitrogens with zero attached hydrogens (tertiary/aromatic N) is 1. The lowest BCUT2D eigenvalue weighted by Gasteiger charge is -2.47. The third-order valence-corrected chi connectivity index (χ3v) is 7.18. The number of benzene rings is 4. The highest BCUT2D eigenvalue weighted by Gasteiger charge is 2.48. The van der Waals surface area contributed by atoms with Gasteiger partial charge in [0.1, 0.15) is 12.0 Å². The van der Waals surface area contributed by atoms with Crippen molar-refractivity contribution in [2.75, 3.05) is 20.1 Å². The molecule has 0 aromatic heterocycles. The van der Waals surface area contributed by atoms with Crippen LogP contribution in [0.25, 0.3) is 0 Å². The first kappa shape index (κ1) is 23.1. The van der Waals surface area contributed by atoms with E-state index in [1.165, 1.54) is 11.1 Å². The summed E-state index contributed by atoms with van der Waals surface area (Å²) in [5.74, 6) is -0.672. The SMILES string of the molecule is CN1CC[C@@H](OC(=O)C(c2ccccc2)c2ccccc2)C(c2ccccc2)(c2ccccc2)C1. The van der Waals surface area contributed by atoms with E-state index in [0.717, 1.165) is 30.6 Å². The van der Waals surface area contributed by atoms with Crippen LogP contribution in [0.1, 0.15) is 34.6 Å². The van der Waals surface area contributed by atoms with E-state index >= 15 is 0 Å². The molecule has 0 unspecified atom stereocenters. The summed E-state index contributed by atoms with van der Waals surface area (Å²) in [6.45, 7) is 1.65. The average Bonchev–Trinajstić information content (AvgIpc) is 2.92. The Hall–Kier alpha value is -3.69. The van der Waals surface area contributed by atoms with Crippen molar-refractivity contribution in [2.24, 2.45) is 0 Å². The highest BCUT2D eigenvalue weighted by Crippen LogP contribution is 2.42. The van der Waals surface area contributed by atoms with Crippen LogP contribution < -0.4 is 0 Å². The number of carbonyl (C=O) groups is 1. The average molecular weight is 462 g/mol. The summed E-state index contributed by atoms with van der Waals surface area (Å²) >= 11 is 0. The lowest BCUT2D eigenvalue weighted by atomic mass is 9.67. The molecule has 0 radical (unpaired) electrons. The fourth-order valence-corrected chi connectivity index (χ4v) is 5.51. The van der Waals surface area contributed by atoms with Gasteiger partial charge in [0.25, 0.3) is 0 Å². The molecule has 4 aromatic rings. The van der Waals surface area contributed by atoms with Crippen LogP contribution in [0.2, 0.25) is 0 Å². The summed E-state index contributed by atoms with van der Waals surface area (Å²) in [4.78, 5) is 16.4. The minimum atomic E-state index is -0.471. The van der Waals surface area contributed by atoms with Crippen molar-refractivity contribution < 1.29 is 9.53 Å². The Bertz CT molecular complexity index is 1150. The third-order valence-electron chi connectivity index (χ3n) is 7.18. The molecular formula is C32H31NO2. The monoisotopic (exact) mass is 461 g/mol. The molecular weight excluding hydrogens is 430 g/mol. The predicted molar refractivity (Wildman–Crippen MR) is 140 cm³/mol. The van der Waals surface area contributed by atoms with E-state index in [1.807, 2.05) is 72.8 Å². The van der Waals surface area contributed by atoms with Crippen LogP contribution in [-0.4, -0.2) is 37.1 Å². The topological polar surface area (TPSA) is 29.5 Å². The van der Waals surface area contributed by atoms with Gasteiger partial charge in [0.15, 0.2) is 0 Å². The van der Waals surface area contributed by atoms with Gasteiger partial charge in [0.05, 0.1) is 5.41 Å². The highest BCUT2D eigenvalue weighted by molar-refractivity contribution is 5.82. The molecule has 4 aromatic carbocycles. The number of esters is 1. The molecule has 3 nitrogen and oxygen atoms in total. The van der Waals surface area contributed by atoms with Crippen molar-refractivity contribution in [3.05, 3.63) is 144 Å². The maximum atomic E-state index is 14.0. The lowest BCUT2D eigenvalue weighted by Crippen LogP contribution is -2.56. The van der Waals surface area contributed by atoms with E-state index in [9.17, 15) is 4.79 Å². The molecule has 1 saturated heterocycles. The molecule has 0 amide bonds. The summed E-state index contributed by atoms with van der Waals surface area (Å²) in [5, 5.41) is 0. The van der Waals surface area contributed by atoms with Crippen molar-refractivity contribution in [1.82, 2.24) is 4.90 Å². The lowest BCUT2D eigenvalue weighted by molar-refractivity contribution is -0.155. The number of hydrogen-bond acceptors (Lipinski definition) is 3. The minimum absolute atomic E-state index is 0.201. The molecule has 1 fully saturated rings. The summed E-state index contributed by atoms with van der Waals surface area (Å²) in [6.07, 6.45) is 0.480. The standard InChI is InChI=1S/C32H31NO2/c1-33-23-22-29(32(24-33,27-18-10-4-11-19-27)28-20-12-5-13-21-28)35-31(34)30(25-14-6-2-7-15-25)26-16-8-3-9-17-26/h2-21,29-30H,22-24H2,1H3/t29-/m1/s1. The van der Waals surface area contributed by atoms with Gasteiger partial charge in [-0.1, -0.05) is 121 Å². The highest BCUT2D eigenvalue weighted by atomic mass is 16.5. The number of rotatable bonds is 6. The number of likely N-dealkylation sites (N-methyl/N-ethyl adjacent to an activating group) is 1. The van der Waals surface area contributed by atoms with E-state index in [4.69, 9.17) is 4.74 Å². The summed E-state index contributed by atoms with van der Waals surface area (Å²) in [7, 11) is 2.15. The fraction of sp³-hybridized carbons (Fsp3) is 0.219. The molecule has 1 heterocycles. The van der Waals surface area contributed by atoms with Gasteiger partial charge >= 0.3 is 5.97 Å². The molecule has 1 atom stereocenters. The second-order valence-corrected chi connectivity index (χ2v) is 9.41. The maximum Gasteiger partial charge on any atom is 0.318 e. The Labute approximate surface area is 208 Å². The largest absolute Gasteiger partial charge is 0.460 e. The van der Waals surface area contributed by atoms with E-state index in [-0.39, 0.29) is 12.1 Å². The number of carbonyl (C=O) groups excluding carboxylic acids is 1. The van der Waals surface area contributed by atoms with Crippen molar-refractivity contribution in [1.29, 1.82) is 0 Å². The molecule has 0 spiro atoms. The van der Waals surface area contributed by atoms with Crippen LogP contribution in [0, 0.1) is 0 Å². The molecule has 3 heteroatoms. The predicted octanol–water partition coefficient (Wildman–Crippen LogP) is 6.05.